The van der Waals surface area contributed by atoms with E-state index in [1.165, 1.54) is 30.6 Å². The van der Waals surface area contributed by atoms with Crippen molar-refractivity contribution >= 4 is 28.3 Å². The first-order valence-electron chi connectivity index (χ1n) is 7.32. The van der Waals surface area contributed by atoms with Gasteiger partial charge in [0.25, 0.3) is 11.5 Å². The van der Waals surface area contributed by atoms with Gasteiger partial charge in [-0.25, -0.2) is 9.20 Å². The number of carboxylic acids is 1. The third-order valence-electron chi connectivity index (χ3n) is 3.99. The molecule has 0 aliphatic carbocycles. The van der Waals surface area contributed by atoms with Gasteiger partial charge in [0.1, 0.15) is 22.9 Å². The summed E-state index contributed by atoms with van der Waals surface area (Å²) in [6, 6.07) is 4.82. The number of carbonyl (C=O) groups excluding carboxylic acids is 1. The van der Waals surface area contributed by atoms with E-state index in [2.05, 4.69) is 5.32 Å². The molecule has 9 nitrogen and oxygen atoms in total. The number of aromatic hydroxyl groups is 2. The van der Waals surface area contributed by atoms with Gasteiger partial charge in [-0.3, -0.25) is 14.4 Å². The molecule has 3 rings (SSSR count). The lowest BCUT2D eigenvalue weighted by Crippen LogP contribution is -2.41. The van der Waals surface area contributed by atoms with Crippen LogP contribution in [0, 0.1) is 0 Å². The van der Waals surface area contributed by atoms with Crippen molar-refractivity contribution in [3.05, 3.63) is 40.2 Å². The summed E-state index contributed by atoms with van der Waals surface area (Å²) in [5.74, 6) is -2.83. The molecule has 25 heavy (non-hydrogen) atoms. The van der Waals surface area contributed by atoms with Gasteiger partial charge in [-0.2, -0.15) is 0 Å². The Hall–Kier alpha value is -3.49. The molecule has 0 saturated heterocycles. The van der Waals surface area contributed by atoms with Crippen LogP contribution in [0.2, 0.25) is 0 Å². The molecule has 2 aromatic heterocycles. The second-order valence-electron chi connectivity index (χ2n) is 5.67. The Morgan fingerprint density at radius 1 is 1.16 bits per heavy atom. The Morgan fingerprint density at radius 2 is 1.84 bits per heavy atom. The Morgan fingerprint density at radius 3 is 2.48 bits per heavy atom. The molecule has 1 aromatic carbocycles. The van der Waals surface area contributed by atoms with Gasteiger partial charge in [-0.1, -0.05) is 0 Å². The number of carbonyl (C=O) groups is 2. The average molecular weight is 345 g/mol. The highest BCUT2D eigenvalue weighted by Crippen LogP contribution is 2.29. The quantitative estimate of drug-likeness (QED) is 0.543. The average Bonchev–Trinajstić information content (AvgIpc) is 2.91. The van der Waals surface area contributed by atoms with E-state index in [9.17, 15) is 24.6 Å². The van der Waals surface area contributed by atoms with E-state index < -0.39 is 34.8 Å². The zero-order valence-corrected chi connectivity index (χ0v) is 13.3. The number of fused-ring (bicyclic) bond motifs is 3. The normalized spacial score (nSPS) is 12.4. The summed E-state index contributed by atoms with van der Waals surface area (Å²) < 4.78 is 2.47. The van der Waals surface area contributed by atoms with E-state index in [0.29, 0.717) is 10.9 Å². The van der Waals surface area contributed by atoms with Gasteiger partial charge >= 0.3 is 5.97 Å². The molecule has 1 amide bonds. The fourth-order valence-corrected chi connectivity index (χ4v) is 2.68. The number of nitrogens with one attached hydrogen (secondary N) is 1. The summed E-state index contributed by atoms with van der Waals surface area (Å²) in [6.45, 7) is 1.24. The van der Waals surface area contributed by atoms with Crippen LogP contribution < -0.4 is 10.9 Å². The summed E-state index contributed by atoms with van der Waals surface area (Å²) in [6.07, 6.45) is 0. The van der Waals surface area contributed by atoms with Crippen molar-refractivity contribution in [3.63, 3.8) is 0 Å². The highest BCUT2D eigenvalue weighted by Gasteiger charge is 2.25. The standard InChI is InChI=1S/C16H15N3O6/c1-7(16(24)25)17-14(22)12-13(21)11-5-8-3-4-9(20)6-10(8)19(11)18(2)15(12)23/h3-7,20-21H,1-2H3,(H,17,22)(H,24,25). The zero-order valence-electron chi connectivity index (χ0n) is 13.3. The van der Waals surface area contributed by atoms with Crippen molar-refractivity contribution in [2.24, 2.45) is 7.05 Å². The van der Waals surface area contributed by atoms with Crippen molar-refractivity contribution in [2.75, 3.05) is 0 Å². The number of carboxylic acid groups (broad SMARTS) is 1. The van der Waals surface area contributed by atoms with Gasteiger partial charge in [0.15, 0.2) is 5.75 Å². The highest BCUT2D eigenvalue weighted by molar-refractivity contribution is 6.01. The number of phenolic OH excluding ortho intramolecular Hbond substituents is 1. The first-order chi connectivity index (χ1) is 11.7. The van der Waals surface area contributed by atoms with Gasteiger partial charge in [-0.05, 0) is 25.1 Å². The number of rotatable bonds is 3. The van der Waals surface area contributed by atoms with Gasteiger partial charge < -0.3 is 20.6 Å². The fraction of sp³-hybridized carbons (Fsp3) is 0.188. The highest BCUT2D eigenvalue weighted by atomic mass is 16.4. The van der Waals surface area contributed by atoms with Crippen molar-refractivity contribution in [3.8, 4) is 11.5 Å². The van der Waals surface area contributed by atoms with Crippen LogP contribution in [0.25, 0.3) is 16.4 Å². The van der Waals surface area contributed by atoms with Gasteiger partial charge in [-0.15, -0.1) is 0 Å². The zero-order chi connectivity index (χ0) is 18.5. The molecule has 1 atom stereocenters. The first kappa shape index (κ1) is 16.4. The molecular formula is C16H15N3O6. The molecule has 130 valence electrons. The molecule has 0 aliphatic rings. The lowest BCUT2D eigenvalue weighted by atomic mass is 10.2. The van der Waals surface area contributed by atoms with Crippen LogP contribution in [-0.2, 0) is 11.8 Å². The molecule has 0 fully saturated rings. The second-order valence-corrected chi connectivity index (χ2v) is 5.67. The van der Waals surface area contributed by atoms with E-state index in [1.54, 1.807) is 12.1 Å². The lowest BCUT2D eigenvalue weighted by Gasteiger charge is -2.13. The van der Waals surface area contributed by atoms with Crippen LogP contribution in [0.4, 0.5) is 0 Å². The number of benzene rings is 1. The van der Waals surface area contributed by atoms with Crippen LogP contribution in [0.5, 0.6) is 11.5 Å². The van der Waals surface area contributed by atoms with Crippen molar-refractivity contribution < 1.29 is 24.9 Å². The second kappa shape index (κ2) is 5.55. The van der Waals surface area contributed by atoms with Crippen LogP contribution in [0.1, 0.15) is 17.3 Å². The molecule has 9 heteroatoms. The maximum Gasteiger partial charge on any atom is 0.325 e. The van der Waals surface area contributed by atoms with E-state index >= 15 is 0 Å². The number of aliphatic carboxylic acids is 1. The Labute approximate surface area is 140 Å². The number of nitrogens with zero attached hydrogens (tertiary/aromatic N) is 2. The van der Waals surface area contributed by atoms with E-state index in [-0.39, 0.29) is 11.3 Å². The summed E-state index contributed by atoms with van der Waals surface area (Å²) in [7, 11) is 1.40. The molecule has 0 saturated carbocycles. The van der Waals surface area contributed by atoms with Crippen molar-refractivity contribution in [2.45, 2.75) is 13.0 Å². The molecule has 2 heterocycles. The smallest absolute Gasteiger partial charge is 0.325 e. The summed E-state index contributed by atoms with van der Waals surface area (Å²) in [4.78, 5) is 35.7. The Balaban J connectivity index is 2.29. The van der Waals surface area contributed by atoms with Crippen molar-refractivity contribution in [1.29, 1.82) is 0 Å². The number of hydrogen-bond donors (Lipinski definition) is 4. The van der Waals surface area contributed by atoms with Gasteiger partial charge in [0.05, 0.1) is 5.52 Å². The summed E-state index contributed by atoms with van der Waals surface area (Å²) >= 11 is 0. The summed E-state index contributed by atoms with van der Waals surface area (Å²) in [5.41, 5.74) is -0.706. The minimum atomic E-state index is -1.27. The first-order valence-corrected chi connectivity index (χ1v) is 7.32. The van der Waals surface area contributed by atoms with Gasteiger partial charge in [0.2, 0.25) is 0 Å². The van der Waals surface area contributed by atoms with E-state index in [0.717, 1.165) is 4.68 Å². The number of aromatic nitrogens is 2. The van der Waals surface area contributed by atoms with E-state index in [1.807, 2.05) is 0 Å². The molecule has 0 aliphatic heterocycles. The third-order valence-corrected chi connectivity index (χ3v) is 3.99. The number of phenols is 1. The molecular weight excluding hydrogens is 330 g/mol. The number of hydrogen-bond acceptors (Lipinski definition) is 5. The molecule has 0 spiro atoms. The topological polar surface area (TPSA) is 133 Å². The Bertz CT molecular complexity index is 1090. The predicted molar refractivity (Wildman–Crippen MR) is 88.0 cm³/mol. The molecule has 4 N–H and O–H groups in total. The fourth-order valence-electron chi connectivity index (χ4n) is 2.68. The largest absolute Gasteiger partial charge is 0.508 e. The predicted octanol–water partition coefficient (Wildman–Crippen LogP) is 0.405. The SMILES string of the molecule is CC(NC(=O)c1c(O)c2cc3ccc(O)cc3n2n(C)c1=O)C(=O)O. The monoisotopic (exact) mass is 345 g/mol. The summed E-state index contributed by atoms with van der Waals surface area (Å²) in [5, 5.41) is 31.8. The van der Waals surface area contributed by atoms with Gasteiger partial charge in [0, 0.05) is 18.5 Å². The van der Waals surface area contributed by atoms with Crippen LogP contribution in [0.15, 0.2) is 29.1 Å². The minimum Gasteiger partial charge on any atom is -0.508 e. The number of amides is 1. The maximum absolute atomic E-state index is 12.5. The van der Waals surface area contributed by atoms with Crippen LogP contribution in [0.3, 0.4) is 0 Å². The number of aryl methyl sites for hydroxylation is 1. The molecule has 1 unspecified atom stereocenters. The van der Waals surface area contributed by atoms with Crippen molar-refractivity contribution in [1.82, 2.24) is 14.5 Å². The lowest BCUT2D eigenvalue weighted by molar-refractivity contribution is -0.138. The maximum atomic E-state index is 12.5. The van der Waals surface area contributed by atoms with Crippen LogP contribution in [-0.4, -0.2) is 42.4 Å². The molecule has 3 aromatic rings. The van der Waals surface area contributed by atoms with Crippen LogP contribution >= 0.6 is 0 Å². The minimum absolute atomic E-state index is 0.0171. The van der Waals surface area contributed by atoms with E-state index in [4.69, 9.17) is 5.11 Å². The molecule has 0 radical (unpaired) electrons. The molecule has 0 bridgehead atoms. The third kappa shape index (κ3) is 2.45. The Kier molecular flexibility index (Phi) is 3.63.